The summed E-state index contributed by atoms with van der Waals surface area (Å²) in [4.78, 5) is 26.4. The van der Waals surface area contributed by atoms with E-state index in [0.717, 1.165) is 24.9 Å². The van der Waals surface area contributed by atoms with Crippen molar-refractivity contribution in [1.82, 2.24) is 0 Å². The van der Waals surface area contributed by atoms with Crippen molar-refractivity contribution in [1.29, 1.82) is 0 Å². The maximum absolute atomic E-state index is 13.8. The molecule has 1 fully saturated rings. The molecule has 2 amide bonds. The van der Waals surface area contributed by atoms with Crippen LogP contribution >= 0.6 is 0 Å². The number of amides is 2. The van der Waals surface area contributed by atoms with Crippen LogP contribution in [-0.2, 0) is 22.4 Å². The average Bonchev–Trinajstić information content (AvgIpc) is 3.23. The molecule has 0 saturated carbocycles. The van der Waals surface area contributed by atoms with Gasteiger partial charge < -0.3 is 10.2 Å². The molecule has 0 spiro atoms. The minimum atomic E-state index is -0.430. The van der Waals surface area contributed by atoms with Crippen molar-refractivity contribution in [2.75, 3.05) is 16.8 Å². The number of hydrogen-bond acceptors (Lipinski definition) is 2. The molecule has 1 aliphatic carbocycles. The Morgan fingerprint density at radius 1 is 1.15 bits per heavy atom. The third kappa shape index (κ3) is 3.09. The van der Waals surface area contributed by atoms with Gasteiger partial charge in [-0.05, 0) is 67.1 Å². The van der Waals surface area contributed by atoms with Crippen molar-refractivity contribution < 1.29 is 14.0 Å². The molecule has 1 saturated heterocycles. The number of rotatable bonds is 3. The molecular formula is C21H21FN2O2. The van der Waals surface area contributed by atoms with E-state index in [-0.39, 0.29) is 30.6 Å². The Kier molecular flexibility index (Phi) is 4.23. The van der Waals surface area contributed by atoms with E-state index >= 15 is 0 Å². The first-order valence-corrected chi connectivity index (χ1v) is 9.00. The van der Waals surface area contributed by atoms with E-state index in [1.807, 2.05) is 12.1 Å². The van der Waals surface area contributed by atoms with Crippen LogP contribution in [0, 0.1) is 18.7 Å². The van der Waals surface area contributed by atoms with E-state index in [4.69, 9.17) is 0 Å². The van der Waals surface area contributed by atoms with Crippen molar-refractivity contribution in [3.63, 3.8) is 0 Å². The van der Waals surface area contributed by atoms with Gasteiger partial charge in [-0.1, -0.05) is 12.1 Å². The zero-order chi connectivity index (χ0) is 18.3. The molecule has 2 aromatic carbocycles. The Balaban J connectivity index is 1.46. The summed E-state index contributed by atoms with van der Waals surface area (Å²) in [5.41, 5.74) is 4.47. The number of halogens is 1. The Morgan fingerprint density at radius 2 is 1.96 bits per heavy atom. The average molecular weight is 352 g/mol. The van der Waals surface area contributed by atoms with Gasteiger partial charge in [-0.25, -0.2) is 4.39 Å². The Labute approximate surface area is 152 Å². The fourth-order valence-electron chi connectivity index (χ4n) is 3.78. The molecule has 4 nitrogen and oxygen atoms in total. The largest absolute Gasteiger partial charge is 0.326 e. The summed E-state index contributed by atoms with van der Waals surface area (Å²) in [6, 6.07) is 10.7. The number of carbonyl (C=O) groups is 2. The molecule has 1 unspecified atom stereocenters. The fraction of sp³-hybridized carbons (Fsp3) is 0.333. The molecule has 26 heavy (non-hydrogen) atoms. The molecule has 0 radical (unpaired) electrons. The van der Waals surface area contributed by atoms with Gasteiger partial charge in [-0.3, -0.25) is 9.59 Å². The molecule has 2 aliphatic rings. The Hall–Kier alpha value is -2.69. The maximum Gasteiger partial charge on any atom is 0.229 e. The molecule has 1 heterocycles. The van der Waals surface area contributed by atoms with Crippen LogP contribution in [0.25, 0.3) is 0 Å². The van der Waals surface area contributed by atoms with Gasteiger partial charge in [0.2, 0.25) is 11.8 Å². The SMILES string of the molecule is Cc1ccc(N2CC(C(=O)Nc3ccc4c(c3)CCC4)CC2=O)cc1F. The van der Waals surface area contributed by atoms with Crippen molar-refractivity contribution >= 4 is 23.2 Å². The number of benzene rings is 2. The molecule has 1 aliphatic heterocycles. The van der Waals surface area contributed by atoms with Gasteiger partial charge >= 0.3 is 0 Å². The lowest BCUT2D eigenvalue weighted by molar-refractivity contribution is -0.122. The number of nitrogens with zero attached hydrogens (tertiary/aromatic N) is 1. The minimum Gasteiger partial charge on any atom is -0.326 e. The van der Waals surface area contributed by atoms with E-state index in [2.05, 4.69) is 11.4 Å². The van der Waals surface area contributed by atoms with E-state index < -0.39 is 5.92 Å². The number of anilines is 2. The lowest BCUT2D eigenvalue weighted by Gasteiger charge is -2.17. The maximum atomic E-state index is 13.8. The van der Waals surface area contributed by atoms with Gasteiger partial charge in [0, 0.05) is 24.3 Å². The number of aryl methyl sites for hydroxylation is 3. The third-order valence-corrected chi connectivity index (χ3v) is 5.33. The molecule has 4 rings (SSSR count). The second-order valence-corrected chi connectivity index (χ2v) is 7.17. The van der Waals surface area contributed by atoms with Gasteiger partial charge in [0.1, 0.15) is 5.82 Å². The smallest absolute Gasteiger partial charge is 0.229 e. The highest BCUT2D eigenvalue weighted by Gasteiger charge is 2.35. The molecule has 0 aromatic heterocycles. The highest BCUT2D eigenvalue weighted by Crippen LogP contribution is 2.29. The van der Waals surface area contributed by atoms with Crippen molar-refractivity contribution in [3.8, 4) is 0 Å². The quantitative estimate of drug-likeness (QED) is 0.917. The normalized spacial score (nSPS) is 18.9. The molecule has 1 atom stereocenters. The lowest BCUT2D eigenvalue weighted by Crippen LogP contribution is -2.28. The molecule has 0 bridgehead atoms. The zero-order valence-electron chi connectivity index (χ0n) is 14.7. The van der Waals surface area contributed by atoms with Gasteiger partial charge in [-0.2, -0.15) is 0 Å². The Bertz CT molecular complexity index is 894. The second-order valence-electron chi connectivity index (χ2n) is 7.17. The number of fused-ring (bicyclic) bond motifs is 1. The first-order chi connectivity index (χ1) is 12.5. The van der Waals surface area contributed by atoms with Gasteiger partial charge in [-0.15, -0.1) is 0 Å². The van der Waals surface area contributed by atoms with Crippen molar-refractivity contribution in [3.05, 3.63) is 58.9 Å². The summed E-state index contributed by atoms with van der Waals surface area (Å²) >= 11 is 0. The number of carbonyl (C=O) groups excluding carboxylic acids is 2. The first-order valence-electron chi connectivity index (χ1n) is 9.00. The second kappa shape index (κ2) is 6.56. The summed E-state index contributed by atoms with van der Waals surface area (Å²) in [6.45, 7) is 1.95. The molecule has 5 heteroatoms. The molecule has 2 aromatic rings. The van der Waals surface area contributed by atoms with Crippen molar-refractivity contribution in [2.45, 2.75) is 32.6 Å². The predicted octanol–water partition coefficient (Wildman–Crippen LogP) is 3.61. The highest BCUT2D eigenvalue weighted by atomic mass is 19.1. The molecular weight excluding hydrogens is 331 g/mol. The monoisotopic (exact) mass is 352 g/mol. The first kappa shape index (κ1) is 16.8. The Morgan fingerprint density at radius 3 is 2.77 bits per heavy atom. The van der Waals surface area contributed by atoms with Gasteiger partial charge in [0.15, 0.2) is 0 Å². The minimum absolute atomic E-state index is 0.145. The standard InChI is InChI=1S/C21H21FN2O2/c1-13-5-8-18(11-19(13)22)24-12-16(10-20(24)25)21(26)23-17-7-6-14-3-2-4-15(14)9-17/h5-9,11,16H,2-4,10,12H2,1H3,(H,23,26). The predicted molar refractivity (Wildman–Crippen MR) is 98.7 cm³/mol. The van der Waals surface area contributed by atoms with E-state index in [1.54, 1.807) is 19.1 Å². The van der Waals surface area contributed by atoms with Crippen LogP contribution < -0.4 is 10.2 Å². The van der Waals surface area contributed by atoms with Crippen LogP contribution in [0.5, 0.6) is 0 Å². The summed E-state index contributed by atoms with van der Waals surface area (Å²) < 4.78 is 13.8. The summed E-state index contributed by atoms with van der Waals surface area (Å²) in [5, 5.41) is 2.93. The van der Waals surface area contributed by atoms with Crippen LogP contribution in [0.4, 0.5) is 15.8 Å². The highest BCUT2D eigenvalue weighted by molar-refractivity contribution is 6.03. The lowest BCUT2D eigenvalue weighted by atomic mass is 10.1. The fourth-order valence-corrected chi connectivity index (χ4v) is 3.78. The molecule has 1 N–H and O–H groups in total. The number of hydrogen-bond donors (Lipinski definition) is 1. The van der Waals surface area contributed by atoms with Gasteiger partial charge in [0.05, 0.1) is 5.92 Å². The topological polar surface area (TPSA) is 49.4 Å². The van der Waals surface area contributed by atoms with Crippen LogP contribution in [0.2, 0.25) is 0 Å². The van der Waals surface area contributed by atoms with Crippen molar-refractivity contribution in [2.24, 2.45) is 5.92 Å². The van der Waals surface area contributed by atoms with Crippen LogP contribution in [-0.4, -0.2) is 18.4 Å². The van der Waals surface area contributed by atoms with Gasteiger partial charge in [0.25, 0.3) is 0 Å². The van der Waals surface area contributed by atoms with E-state index in [0.29, 0.717) is 11.3 Å². The summed E-state index contributed by atoms with van der Waals surface area (Å²) in [6.07, 6.45) is 3.45. The summed E-state index contributed by atoms with van der Waals surface area (Å²) in [7, 11) is 0. The molecule has 134 valence electrons. The van der Waals surface area contributed by atoms with Crippen LogP contribution in [0.15, 0.2) is 36.4 Å². The van der Waals surface area contributed by atoms with E-state index in [1.165, 1.54) is 22.1 Å². The van der Waals surface area contributed by atoms with Crippen LogP contribution in [0.1, 0.15) is 29.5 Å². The van der Waals surface area contributed by atoms with E-state index in [9.17, 15) is 14.0 Å². The van der Waals surface area contributed by atoms with Crippen LogP contribution in [0.3, 0.4) is 0 Å². The third-order valence-electron chi connectivity index (χ3n) is 5.33. The zero-order valence-corrected chi connectivity index (χ0v) is 14.7. The summed E-state index contributed by atoms with van der Waals surface area (Å²) in [5.74, 6) is -1.09. The number of nitrogens with one attached hydrogen (secondary N) is 1.